The molecule has 1 atom stereocenters. The first-order chi connectivity index (χ1) is 11.7. The largest absolute Gasteiger partial charge is 0.488 e. The lowest BCUT2D eigenvalue weighted by Crippen LogP contribution is -2.21. The van der Waals surface area contributed by atoms with Gasteiger partial charge in [0.2, 0.25) is 0 Å². The molecule has 2 aromatic carbocycles. The van der Waals surface area contributed by atoms with Crippen LogP contribution in [0, 0.1) is 0 Å². The van der Waals surface area contributed by atoms with E-state index in [4.69, 9.17) is 10.5 Å². The van der Waals surface area contributed by atoms with Gasteiger partial charge < -0.3 is 15.4 Å². The Bertz CT molecular complexity index is 878. The van der Waals surface area contributed by atoms with Gasteiger partial charge >= 0.3 is 0 Å². The number of nitrogen functional groups attached to an aromatic ring is 1. The van der Waals surface area contributed by atoms with Crippen LogP contribution in [0.4, 0.5) is 5.82 Å². The highest BCUT2D eigenvalue weighted by Gasteiger charge is 2.22. The Labute approximate surface area is 141 Å². The summed E-state index contributed by atoms with van der Waals surface area (Å²) in [4.78, 5) is 6.77. The molecule has 2 N–H and O–H groups in total. The zero-order valence-corrected chi connectivity index (χ0v) is 13.8. The van der Waals surface area contributed by atoms with Crippen molar-refractivity contribution in [1.29, 1.82) is 0 Å². The molecule has 1 unspecified atom stereocenters. The van der Waals surface area contributed by atoms with Gasteiger partial charge in [-0.2, -0.15) is 0 Å². The van der Waals surface area contributed by atoms with Gasteiger partial charge in [0.1, 0.15) is 17.7 Å². The number of likely N-dealkylation sites (N-methyl/N-ethyl adjacent to an activating group) is 1. The number of nitrogens with zero attached hydrogens (tertiary/aromatic N) is 2. The number of benzene rings is 2. The van der Waals surface area contributed by atoms with Crippen LogP contribution in [-0.2, 0) is 0 Å². The molecule has 0 spiro atoms. The molecule has 0 radical (unpaired) electrons. The molecular weight excluding hydrogens is 298 g/mol. The number of pyridine rings is 1. The fraction of sp³-hybridized carbons (Fsp3) is 0.250. The van der Waals surface area contributed by atoms with Crippen molar-refractivity contribution in [3.05, 3.63) is 54.6 Å². The quantitative estimate of drug-likeness (QED) is 0.802. The van der Waals surface area contributed by atoms with E-state index in [1.165, 1.54) is 0 Å². The minimum Gasteiger partial charge on any atom is -0.488 e. The maximum absolute atomic E-state index is 6.29. The third-order valence-electron chi connectivity index (χ3n) is 4.57. The van der Waals surface area contributed by atoms with E-state index in [1.807, 2.05) is 24.3 Å². The minimum absolute atomic E-state index is 0.259. The second-order valence-electron chi connectivity index (χ2n) is 6.40. The summed E-state index contributed by atoms with van der Waals surface area (Å²) in [7, 11) is 2.13. The van der Waals surface area contributed by atoms with Crippen molar-refractivity contribution in [3.63, 3.8) is 0 Å². The van der Waals surface area contributed by atoms with Gasteiger partial charge in [0, 0.05) is 24.0 Å². The maximum atomic E-state index is 6.29. The number of nitrogens with two attached hydrogens (primary N) is 1. The Morgan fingerprint density at radius 3 is 2.62 bits per heavy atom. The van der Waals surface area contributed by atoms with Crippen LogP contribution in [0.5, 0.6) is 5.75 Å². The first kappa shape index (κ1) is 15.0. The molecule has 0 amide bonds. The van der Waals surface area contributed by atoms with Gasteiger partial charge in [0.25, 0.3) is 0 Å². The Hall–Kier alpha value is -2.59. The van der Waals surface area contributed by atoms with Crippen LogP contribution in [0.15, 0.2) is 54.6 Å². The van der Waals surface area contributed by atoms with Crippen LogP contribution in [-0.4, -0.2) is 36.1 Å². The molecule has 4 rings (SSSR count). The molecule has 0 aliphatic carbocycles. The molecule has 122 valence electrons. The van der Waals surface area contributed by atoms with E-state index in [0.717, 1.165) is 47.3 Å². The predicted molar refractivity (Wildman–Crippen MR) is 98.1 cm³/mol. The number of ether oxygens (including phenoxy) is 1. The van der Waals surface area contributed by atoms with Crippen molar-refractivity contribution >= 4 is 16.6 Å². The monoisotopic (exact) mass is 319 g/mol. The first-order valence-corrected chi connectivity index (χ1v) is 8.30. The van der Waals surface area contributed by atoms with Gasteiger partial charge in [-0.05, 0) is 43.1 Å². The van der Waals surface area contributed by atoms with Gasteiger partial charge in [-0.3, -0.25) is 0 Å². The molecule has 2 heterocycles. The predicted octanol–water partition coefficient (Wildman–Crippen LogP) is 3.57. The normalized spacial score (nSPS) is 18.1. The van der Waals surface area contributed by atoms with Crippen LogP contribution in [0.2, 0.25) is 0 Å². The number of anilines is 1. The van der Waals surface area contributed by atoms with Crippen LogP contribution in [0.1, 0.15) is 6.42 Å². The topological polar surface area (TPSA) is 51.4 Å². The summed E-state index contributed by atoms with van der Waals surface area (Å²) >= 11 is 0. The summed E-state index contributed by atoms with van der Waals surface area (Å²) in [5, 5.41) is 2.26. The molecule has 1 fully saturated rings. The Balaban J connectivity index is 1.77. The lowest BCUT2D eigenvalue weighted by molar-refractivity contribution is 0.211. The van der Waals surface area contributed by atoms with Gasteiger partial charge in [0.05, 0.1) is 5.69 Å². The summed E-state index contributed by atoms with van der Waals surface area (Å²) in [5.74, 6) is 1.48. The Morgan fingerprint density at radius 2 is 1.88 bits per heavy atom. The zero-order chi connectivity index (χ0) is 16.5. The molecule has 3 aromatic rings. The lowest BCUT2D eigenvalue weighted by Gasteiger charge is -2.17. The maximum Gasteiger partial charge on any atom is 0.127 e. The highest BCUT2D eigenvalue weighted by atomic mass is 16.5. The number of hydrogen-bond donors (Lipinski definition) is 1. The molecule has 1 aromatic heterocycles. The molecule has 1 saturated heterocycles. The number of rotatable bonds is 3. The van der Waals surface area contributed by atoms with Crippen LogP contribution >= 0.6 is 0 Å². The average molecular weight is 319 g/mol. The van der Waals surface area contributed by atoms with Crippen molar-refractivity contribution in [2.45, 2.75) is 12.5 Å². The van der Waals surface area contributed by atoms with Gasteiger partial charge in [-0.25, -0.2) is 4.98 Å². The fourth-order valence-corrected chi connectivity index (χ4v) is 3.37. The smallest absolute Gasteiger partial charge is 0.127 e. The summed E-state index contributed by atoms with van der Waals surface area (Å²) in [5.41, 5.74) is 7.82. The van der Waals surface area contributed by atoms with Gasteiger partial charge in [0.15, 0.2) is 0 Å². The molecule has 1 aliphatic rings. The van der Waals surface area contributed by atoms with Crippen molar-refractivity contribution in [2.75, 3.05) is 25.9 Å². The number of fused-ring (bicyclic) bond motifs is 1. The molecule has 24 heavy (non-hydrogen) atoms. The van der Waals surface area contributed by atoms with Crippen LogP contribution < -0.4 is 10.5 Å². The number of hydrogen-bond acceptors (Lipinski definition) is 4. The van der Waals surface area contributed by atoms with Crippen LogP contribution in [0.3, 0.4) is 0 Å². The van der Waals surface area contributed by atoms with Crippen molar-refractivity contribution < 1.29 is 4.74 Å². The summed E-state index contributed by atoms with van der Waals surface area (Å²) < 4.78 is 6.29. The van der Waals surface area contributed by atoms with Gasteiger partial charge in [-0.1, -0.05) is 30.3 Å². The highest BCUT2D eigenvalue weighted by Crippen LogP contribution is 2.35. The van der Waals surface area contributed by atoms with E-state index in [-0.39, 0.29) is 6.10 Å². The van der Waals surface area contributed by atoms with E-state index in [0.29, 0.717) is 5.82 Å². The molecular formula is C20H21N3O. The summed E-state index contributed by atoms with van der Waals surface area (Å²) in [6, 6.07) is 18.2. The second-order valence-corrected chi connectivity index (χ2v) is 6.40. The van der Waals surface area contributed by atoms with Crippen LogP contribution in [0.25, 0.3) is 22.0 Å². The van der Waals surface area contributed by atoms with Crippen molar-refractivity contribution in [1.82, 2.24) is 9.88 Å². The molecule has 0 saturated carbocycles. The van der Waals surface area contributed by atoms with E-state index in [1.54, 1.807) is 6.07 Å². The minimum atomic E-state index is 0.259. The Morgan fingerprint density at radius 1 is 1.04 bits per heavy atom. The summed E-state index contributed by atoms with van der Waals surface area (Å²) in [6.07, 6.45) is 1.33. The number of likely N-dealkylation sites (tertiary alicyclic amines) is 1. The van der Waals surface area contributed by atoms with E-state index in [9.17, 15) is 0 Å². The molecule has 4 nitrogen and oxygen atoms in total. The molecule has 0 bridgehead atoms. The Kier molecular flexibility index (Phi) is 3.82. The lowest BCUT2D eigenvalue weighted by atomic mass is 10.0. The third kappa shape index (κ3) is 2.81. The van der Waals surface area contributed by atoms with Gasteiger partial charge in [-0.15, -0.1) is 0 Å². The first-order valence-electron chi connectivity index (χ1n) is 8.30. The molecule has 1 aliphatic heterocycles. The zero-order valence-electron chi connectivity index (χ0n) is 13.8. The average Bonchev–Trinajstić information content (AvgIpc) is 3.00. The third-order valence-corrected chi connectivity index (χ3v) is 4.57. The number of aromatic nitrogens is 1. The second kappa shape index (κ2) is 6.13. The van der Waals surface area contributed by atoms with E-state index in [2.05, 4.69) is 41.2 Å². The van der Waals surface area contributed by atoms with E-state index < -0.39 is 0 Å². The fourth-order valence-electron chi connectivity index (χ4n) is 3.37. The standard InChI is InChI=1S/C20H21N3O/c1-23-12-11-14(13-23)24-19-10-9-16(15-5-2-3-6-17(15)19)18-7-4-8-20(21)22-18/h2-10,14H,11-13H2,1H3,(H2,21,22). The van der Waals surface area contributed by atoms with Crippen molar-refractivity contribution in [2.24, 2.45) is 0 Å². The molecule has 4 heteroatoms. The highest BCUT2D eigenvalue weighted by molar-refractivity contribution is 5.99. The summed E-state index contributed by atoms with van der Waals surface area (Å²) in [6.45, 7) is 2.07. The SMILES string of the molecule is CN1CCC(Oc2ccc(-c3cccc(N)n3)c3ccccc23)C1. The van der Waals surface area contributed by atoms with Crippen molar-refractivity contribution in [3.8, 4) is 17.0 Å². The van der Waals surface area contributed by atoms with E-state index >= 15 is 0 Å².